The molecule has 0 aliphatic carbocycles. The predicted molar refractivity (Wildman–Crippen MR) is 93.6 cm³/mol. The van der Waals surface area contributed by atoms with Crippen LogP contribution in [0, 0.1) is 5.82 Å². The Morgan fingerprint density at radius 3 is 2.84 bits per heavy atom. The number of rotatable bonds is 4. The van der Waals surface area contributed by atoms with Crippen LogP contribution < -0.4 is 5.32 Å². The van der Waals surface area contributed by atoms with Crippen LogP contribution in [0.4, 0.5) is 9.18 Å². The number of benzene rings is 1. The lowest BCUT2D eigenvalue weighted by molar-refractivity contribution is -0.130. The smallest absolute Gasteiger partial charge is 0.317 e. The van der Waals surface area contributed by atoms with E-state index in [-0.39, 0.29) is 29.8 Å². The molecule has 2 fully saturated rings. The van der Waals surface area contributed by atoms with Crippen molar-refractivity contribution in [1.82, 2.24) is 15.1 Å². The Kier molecular flexibility index (Phi) is 5.56. The first-order chi connectivity index (χ1) is 12.0. The maximum Gasteiger partial charge on any atom is 0.317 e. The molecule has 0 bridgehead atoms. The highest BCUT2D eigenvalue weighted by Gasteiger charge is 2.33. The Bertz CT molecular complexity index is 637. The van der Waals surface area contributed by atoms with Crippen LogP contribution in [0.3, 0.4) is 0 Å². The summed E-state index contributed by atoms with van der Waals surface area (Å²) in [5, 5.41) is 2.96. The molecule has 2 aliphatic heterocycles. The molecule has 1 aromatic rings. The molecule has 0 radical (unpaired) electrons. The van der Waals surface area contributed by atoms with Crippen LogP contribution >= 0.6 is 0 Å². The number of nitrogens with one attached hydrogen (secondary N) is 1. The zero-order valence-electron chi connectivity index (χ0n) is 14.7. The van der Waals surface area contributed by atoms with Gasteiger partial charge in [-0.3, -0.25) is 4.79 Å². The number of likely N-dealkylation sites (tertiary alicyclic amines) is 2. The first-order valence-corrected chi connectivity index (χ1v) is 9.13. The van der Waals surface area contributed by atoms with Crippen molar-refractivity contribution < 1.29 is 14.0 Å². The summed E-state index contributed by atoms with van der Waals surface area (Å²) in [6.07, 6.45) is 3.87. The number of amides is 3. The number of hydrogen-bond donors (Lipinski definition) is 1. The second-order valence-electron chi connectivity index (χ2n) is 7.08. The van der Waals surface area contributed by atoms with Crippen LogP contribution in [0.5, 0.6) is 0 Å². The maximum atomic E-state index is 13.7. The fourth-order valence-electron chi connectivity index (χ4n) is 3.80. The summed E-state index contributed by atoms with van der Waals surface area (Å²) >= 11 is 0. The Hall–Kier alpha value is -2.11. The van der Waals surface area contributed by atoms with E-state index in [0.29, 0.717) is 31.5 Å². The van der Waals surface area contributed by atoms with Gasteiger partial charge in [-0.1, -0.05) is 18.2 Å². The molecule has 6 heteroatoms. The molecule has 0 aromatic heterocycles. The van der Waals surface area contributed by atoms with Crippen LogP contribution in [0.25, 0.3) is 0 Å². The van der Waals surface area contributed by atoms with Crippen LogP contribution in [-0.2, 0) is 11.2 Å². The van der Waals surface area contributed by atoms with Gasteiger partial charge in [-0.25, -0.2) is 9.18 Å². The second-order valence-corrected chi connectivity index (χ2v) is 7.08. The highest BCUT2D eigenvalue weighted by molar-refractivity contribution is 5.79. The molecular weight excluding hydrogens is 321 g/mol. The third-order valence-corrected chi connectivity index (χ3v) is 5.09. The molecule has 2 heterocycles. The van der Waals surface area contributed by atoms with Gasteiger partial charge in [0.25, 0.3) is 0 Å². The van der Waals surface area contributed by atoms with E-state index in [1.54, 1.807) is 23.1 Å². The molecule has 0 unspecified atom stereocenters. The van der Waals surface area contributed by atoms with E-state index in [9.17, 15) is 14.0 Å². The largest absolute Gasteiger partial charge is 0.338 e. The summed E-state index contributed by atoms with van der Waals surface area (Å²) in [5.41, 5.74) is 0.606. The summed E-state index contributed by atoms with van der Waals surface area (Å²) < 4.78 is 13.7. The van der Waals surface area contributed by atoms with Gasteiger partial charge < -0.3 is 15.1 Å². The van der Waals surface area contributed by atoms with Gasteiger partial charge >= 0.3 is 6.03 Å². The number of halogens is 1. The van der Waals surface area contributed by atoms with E-state index < -0.39 is 0 Å². The summed E-state index contributed by atoms with van der Waals surface area (Å²) in [6.45, 7) is 3.99. The summed E-state index contributed by atoms with van der Waals surface area (Å²) in [6, 6.07) is 6.50. The summed E-state index contributed by atoms with van der Waals surface area (Å²) in [5.74, 6) is -0.0330. The number of piperidine rings is 1. The van der Waals surface area contributed by atoms with E-state index in [2.05, 4.69) is 5.32 Å². The molecule has 2 aliphatic rings. The Morgan fingerprint density at radius 2 is 2.12 bits per heavy atom. The molecule has 2 saturated heterocycles. The maximum absolute atomic E-state index is 13.7. The number of carbonyl (C=O) groups is 2. The van der Waals surface area contributed by atoms with Gasteiger partial charge in [0.2, 0.25) is 5.91 Å². The van der Waals surface area contributed by atoms with E-state index in [0.717, 1.165) is 25.8 Å². The van der Waals surface area contributed by atoms with Gasteiger partial charge in [-0.2, -0.15) is 0 Å². The van der Waals surface area contributed by atoms with Gasteiger partial charge in [0.1, 0.15) is 5.82 Å². The van der Waals surface area contributed by atoms with Crippen molar-refractivity contribution in [3.63, 3.8) is 0 Å². The van der Waals surface area contributed by atoms with Crippen LogP contribution in [0.1, 0.15) is 38.2 Å². The monoisotopic (exact) mass is 347 g/mol. The average molecular weight is 347 g/mol. The highest BCUT2D eigenvalue weighted by Crippen LogP contribution is 2.21. The van der Waals surface area contributed by atoms with Gasteiger partial charge in [0.15, 0.2) is 0 Å². The lowest BCUT2D eigenvalue weighted by atomic mass is 10.0. The molecule has 136 valence electrons. The molecule has 2 atom stereocenters. The van der Waals surface area contributed by atoms with Crippen LogP contribution in [-0.4, -0.2) is 53.5 Å². The zero-order chi connectivity index (χ0) is 17.8. The third kappa shape index (κ3) is 4.30. The number of nitrogens with zero attached hydrogens (tertiary/aromatic N) is 2. The van der Waals surface area contributed by atoms with E-state index in [1.165, 1.54) is 6.07 Å². The van der Waals surface area contributed by atoms with Gasteiger partial charge in [-0.15, -0.1) is 0 Å². The quantitative estimate of drug-likeness (QED) is 0.910. The first-order valence-electron chi connectivity index (χ1n) is 9.13. The number of carbonyl (C=O) groups excluding carboxylic acids is 2. The minimum absolute atomic E-state index is 0.125. The van der Waals surface area contributed by atoms with E-state index >= 15 is 0 Å². The molecule has 1 aromatic carbocycles. The zero-order valence-corrected chi connectivity index (χ0v) is 14.7. The predicted octanol–water partition coefficient (Wildman–Crippen LogP) is 2.55. The summed E-state index contributed by atoms with van der Waals surface area (Å²) in [4.78, 5) is 28.2. The fraction of sp³-hybridized carbons (Fsp3) is 0.579. The van der Waals surface area contributed by atoms with Crippen molar-refractivity contribution in [3.05, 3.63) is 35.6 Å². The van der Waals surface area contributed by atoms with Gasteiger partial charge in [0, 0.05) is 38.1 Å². The van der Waals surface area contributed by atoms with Crippen molar-refractivity contribution in [2.75, 3.05) is 19.6 Å². The number of hydrogen-bond acceptors (Lipinski definition) is 2. The minimum atomic E-state index is -0.241. The fourth-order valence-corrected chi connectivity index (χ4v) is 3.80. The van der Waals surface area contributed by atoms with Gasteiger partial charge in [0.05, 0.1) is 0 Å². The molecule has 5 nitrogen and oxygen atoms in total. The third-order valence-electron chi connectivity index (χ3n) is 5.09. The molecule has 3 amide bonds. The molecule has 0 saturated carbocycles. The molecular formula is C19H26FN3O2. The topological polar surface area (TPSA) is 52.7 Å². The van der Waals surface area contributed by atoms with Crippen molar-refractivity contribution >= 4 is 11.9 Å². The first kappa shape index (κ1) is 17.7. The van der Waals surface area contributed by atoms with Gasteiger partial charge in [-0.05, 0) is 44.2 Å². The molecule has 25 heavy (non-hydrogen) atoms. The Morgan fingerprint density at radius 1 is 1.32 bits per heavy atom. The van der Waals surface area contributed by atoms with E-state index in [4.69, 9.17) is 0 Å². The lowest BCUT2D eigenvalue weighted by Crippen LogP contribution is -2.54. The van der Waals surface area contributed by atoms with E-state index in [1.807, 2.05) is 11.8 Å². The Balaban J connectivity index is 1.53. The van der Waals surface area contributed by atoms with Crippen molar-refractivity contribution in [2.24, 2.45) is 0 Å². The highest BCUT2D eigenvalue weighted by atomic mass is 19.1. The van der Waals surface area contributed by atoms with Crippen LogP contribution in [0.15, 0.2) is 24.3 Å². The summed E-state index contributed by atoms with van der Waals surface area (Å²) in [7, 11) is 0. The molecule has 1 N–H and O–H groups in total. The molecule has 3 rings (SSSR count). The minimum Gasteiger partial charge on any atom is -0.338 e. The normalized spacial score (nSPS) is 22.2. The number of urea groups is 1. The SMILES string of the molecule is C[C@H](Cc1ccccc1F)NC(=O)N1CCC[C@@H](N2CCCC2=O)C1. The van der Waals surface area contributed by atoms with Crippen molar-refractivity contribution in [3.8, 4) is 0 Å². The second kappa shape index (κ2) is 7.85. The van der Waals surface area contributed by atoms with Crippen molar-refractivity contribution in [2.45, 2.75) is 51.1 Å². The van der Waals surface area contributed by atoms with Crippen LogP contribution in [0.2, 0.25) is 0 Å². The average Bonchev–Trinajstić information content (AvgIpc) is 3.03. The Labute approximate surface area is 148 Å². The molecule has 0 spiro atoms. The standard InChI is InChI=1S/C19H26FN3O2/c1-14(12-15-6-2-3-8-17(15)20)21-19(25)22-10-4-7-16(13-22)23-11-5-9-18(23)24/h2-3,6,8,14,16H,4-5,7,9-13H2,1H3,(H,21,25)/t14-,16-/m1/s1. The van der Waals surface area contributed by atoms with Crippen molar-refractivity contribution in [1.29, 1.82) is 0 Å². The lowest BCUT2D eigenvalue weighted by Gasteiger charge is -2.38.